The number of likely N-dealkylation sites (tertiary alicyclic amines) is 2. The van der Waals surface area contributed by atoms with Crippen molar-refractivity contribution in [1.29, 1.82) is 0 Å². The third kappa shape index (κ3) is 4.29. The van der Waals surface area contributed by atoms with Crippen molar-refractivity contribution >= 4 is 11.8 Å². The number of methoxy groups -OCH3 is 1. The molecule has 0 aromatic heterocycles. The number of ether oxygens (including phenoxy) is 1. The second-order valence-electron chi connectivity index (χ2n) is 7.91. The molecule has 2 aliphatic heterocycles. The Morgan fingerprint density at radius 1 is 0.862 bits per heavy atom. The summed E-state index contributed by atoms with van der Waals surface area (Å²) >= 11 is 0. The molecule has 2 aromatic rings. The number of carbonyl (C=O) groups is 2. The largest absolute Gasteiger partial charge is 0.497 e. The molecule has 152 valence electrons. The lowest BCUT2D eigenvalue weighted by atomic mass is 9.94. The van der Waals surface area contributed by atoms with Crippen molar-refractivity contribution in [2.24, 2.45) is 5.92 Å². The van der Waals surface area contributed by atoms with Crippen LogP contribution in [0.4, 0.5) is 0 Å². The molecule has 0 spiro atoms. The van der Waals surface area contributed by atoms with Gasteiger partial charge in [0.05, 0.1) is 7.11 Å². The van der Waals surface area contributed by atoms with Crippen LogP contribution in [0.25, 0.3) is 11.1 Å². The van der Waals surface area contributed by atoms with Crippen molar-refractivity contribution in [2.45, 2.75) is 25.7 Å². The SMILES string of the molecule is COc1cccc(-c2ccc(C(=O)N3CCC(C(=O)N4CCCC4)CC3)cc2)c1. The molecule has 5 nitrogen and oxygen atoms in total. The van der Waals surface area contributed by atoms with Gasteiger partial charge in [0.2, 0.25) is 5.91 Å². The zero-order valence-corrected chi connectivity index (χ0v) is 17.0. The Morgan fingerprint density at radius 2 is 1.55 bits per heavy atom. The van der Waals surface area contributed by atoms with Crippen LogP contribution in [0.15, 0.2) is 48.5 Å². The molecular formula is C24H28N2O3. The first-order chi connectivity index (χ1) is 14.2. The van der Waals surface area contributed by atoms with Gasteiger partial charge in [-0.1, -0.05) is 24.3 Å². The van der Waals surface area contributed by atoms with Gasteiger partial charge in [0.25, 0.3) is 5.91 Å². The standard InChI is InChI=1S/C24H28N2O3/c1-29-22-6-4-5-21(17-22)18-7-9-19(10-8-18)23(27)26-15-11-20(12-16-26)24(28)25-13-2-3-14-25/h4-10,17,20H,2-3,11-16H2,1H3. The van der Waals surface area contributed by atoms with Crippen molar-refractivity contribution in [2.75, 3.05) is 33.3 Å². The van der Waals surface area contributed by atoms with E-state index in [4.69, 9.17) is 4.74 Å². The lowest BCUT2D eigenvalue weighted by Gasteiger charge is -2.33. The second kappa shape index (κ2) is 8.68. The van der Waals surface area contributed by atoms with E-state index in [0.717, 1.165) is 55.6 Å². The van der Waals surface area contributed by atoms with E-state index in [-0.39, 0.29) is 17.7 Å². The van der Waals surface area contributed by atoms with E-state index in [1.54, 1.807) is 7.11 Å². The fourth-order valence-electron chi connectivity index (χ4n) is 4.32. The average molecular weight is 392 g/mol. The molecule has 2 saturated heterocycles. The monoisotopic (exact) mass is 392 g/mol. The topological polar surface area (TPSA) is 49.9 Å². The molecule has 5 heteroatoms. The van der Waals surface area contributed by atoms with Crippen molar-refractivity contribution in [1.82, 2.24) is 9.80 Å². The summed E-state index contributed by atoms with van der Waals surface area (Å²) in [5.41, 5.74) is 2.81. The summed E-state index contributed by atoms with van der Waals surface area (Å²) in [6, 6.07) is 15.6. The summed E-state index contributed by atoms with van der Waals surface area (Å²) in [5, 5.41) is 0. The van der Waals surface area contributed by atoms with E-state index in [9.17, 15) is 9.59 Å². The molecular weight excluding hydrogens is 364 g/mol. The molecule has 2 amide bonds. The molecule has 0 radical (unpaired) electrons. The van der Waals surface area contributed by atoms with Gasteiger partial charge >= 0.3 is 0 Å². The zero-order valence-electron chi connectivity index (χ0n) is 17.0. The van der Waals surface area contributed by atoms with Crippen LogP contribution < -0.4 is 4.74 Å². The maximum atomic E-state index is 12.9. The van der Waals surface area contributed by atoms with Crippen LogP contribution in [0.1, 0.15) is 36.0 Å². The van der Waals surface area contributed by atoms with Gasteiger partial charge in [-0.2, -0.15) is 0 Å². The van der Waals surface area contributed by atoms with Crippen LogP contribution in [-0.2, 0) is 4.79 Å². The Kier molecular flexibility index (Phi) is 5.84. The van der Waals surface area contributed by atoms with Gasteiger partial charge in [-0.25, -0.2) is 0 Å². The van der Waals surface area contributed by atoms with E-state index in [0.29, 0.717) is 18.7 Å². The highest BCUT2D eigenvalue weighted by Crippen LogP contribution is 2.26. The van der Waals surface area contributed by atoms with Crippen molar-refractivity contribution < 1.29 is 14.3 Å². The molecule has 4 rings (SSSR count). The van der Waals surface area contributed by atoms with Crippen LogP contribution in [0, 0.1) is 5.92 Å². The lowest BCUT2D eigenvalue weighted by Crippen LogP contribution is -2.43. The highest BCUT2D eigenvalue weighted by molar-refractivity contribution is 5.95. The van der Waals surface area contributed by atoms with Gasteiger partial charge in [0, 0.05) is 37.7 Å². The smallest absolute Gasteiger partial charge is 0.253 e. The number of carbonyl (C=O) groups excluding carboxylic acids is 2. The molecule has 0 unspecified atom stereocenters. The first kappa shape index (κ1) is 19.5. The summed E-state index contributed by atoms with van der Waals surface area (Å²) in [6.45, 7) is 3.11. The number of piperidine rings is 1. The molecule has 0 bridgehead atoms. The van der Waals surface area contributed by atoms with Crippen LogP contribution in [0.2, 0.25) is 0 Å². The Labute approximate surface area is 172 Å². The van der Waals surface area contributed by atoms with Crippen molar-refractivity contribution in [3.05, 3.63) is 54.1 Å². The van der Waals surface area contributed by atoms with E-state index in [1.807, 2.05) is 58.3 Å². The Morgan fingerprint density at radius 3 is 2.21 bits per heavy atom. The van der Waals surface area contributed by atoms with E-state index in [2.05, 4.69) is 0 Å². The van der Waals surface area contributed by atoms with Gasteiger partial charge in [-0.3, -0.25) is 9.59 Å². The summed E-state index contributed by atoms with van der Waals surface area (Å²) in [5.74, 6) is 1.23. The third-order valence-corrected chi connectivity index (χ3v) is 6.08. The van der Waals surface area contributed by atoms with E-state index in [1.165, 1.54) is 0 Å². The molecule has 0 aliphatic carbocycles. The van der Waals surface area contributed by atoms with Crippen molar-refractivity contribution in [3.63, 3.8) is 0 Å². The summed E-state index contributed by atoms with van der Waals surface area (Å²) in [6.07, 6.45) is 3.77. The van der Waals surface area contributed by atoms with E-state index >= 15 is 0 Å². The number of hydrogen-bond donors (Lipinski definition) is 0. The minimum Gasteiger partial charge on any atom is -0.497 e. The molecule has 29 heavy (non-hydrogen) atoms. The molecule has 0 atom stereocenters. The van der Waals surface area contributed by atoms with Crippen LogP contribution in [-0.4, -0.2) is 54.9 Å². The van der Waals surface area contributed by atoms with Gasteiger partial charge in [0.15, 0.2) is 0 Å². The Balaban J connectivity index is 1.37. The fourth-order valence-corrected chi connectivity index (χ4v) is 4.32. The zero-order chi connectivity index (χ0) is 20.2. The maximum Gasteiger partial charge on any atom is 0.253 e. The predicted molar refractivity (Wildman–Crippen MR) is 113 cm³/mol. The third-order valence-electron chi connectivity index (χ3n) is 6.08. The summed E-state index contributed by atoms with van der Waals surface area (Å²) in [4.78, 5) is 29.4. The number of hydrogen-bond acceptors (Lipinski definition) is 3. The van der Waals surface area contributed by atoms with Crippen molar-refractivity contribution in [3.8, 4) is 16.9 Å². The molecule has 2 fully saturated rings. The number of rotatable bonds is 4. The first-order valence-electron chi connectivity index (χ1n) is 10.5. The fraction of sp³-hybridized carbons (Fsp3) is 0.417. The quantitative estimate of drug-likeness (QED) is 0.794. The summed E-state index contributed by atoms with van der Waals surface area (Å²) in [7, 11) is 1.66. The normalized spacial score (nSPS) is 17.4. The van der Waals surface area contributed by atoms with E-state index < -0.39 is 0 Å². The summed E-state index contributed by atoms with van der Waals surface area (Å²) < 4.78 is 5.29. The Bertz CT molecular complexity index is 864. The van der Waals surface area contributed by atoms with Crippen LogP contribution >= 0.6 is 0 Å². The Hall–Kier alpha value is -2.82. The average Bonchev–Trinajstić information content (AvgIpc) is 3.33. The molecule has 2 heterocycles. The highest BCUT2D eigenvalue weighted by Gasteiger charge is 2.31. The number of nitrogens with zero attached hydrogens (tertiary/aromatic N) is 2. The van der Waals surface area contributed by atoms with Gasteiger partial charge < -0.3 is 14.5 Å². The van der Waals surface area contributed by atoms with Crippen LogP contribution in [0.3, 0.4) is 0 Å². The minimum atomic E-state index is 0.0502. The predicted octanol–water partition coefficient (Wildman–Crippen LogP) is 3.84. The second-order valence-corrected chi connectivity index (χ2v) is 7.91. The highest BCUT2D eigenvalue weighted by atomic mass is 16.5. The lowest BCUT2D eigenvalue weighted by molar-refractivity contribution is -0.135. The van der Waals surface area contributed by atoms with Crippen LogP contribution in [0.5, 0.6) is 5.75 Å². The molecule has 0 N–H and O–H groups in total. The number of amides is 2. The maximum absolute atomic E-state index is 12.9. The van der Waals surface area contributed by atoms with Gasteiger partial charge in [0.1, 0.15) is 5.75 Å². The molecule has 2 aromatic carbocycles. The van der Waals surface area contributed by atoms with Gasteiger partial charge in [-0.15, -0.1) is 0 Å². The molecule has 0 saturated carbocycles. The number of benzene rings is 2. The minimum absolute atomic E-state index is 0.0502. The van der Waals surface area contributed by atoms with Gasteiger partial charge in [-0.05, 0) is 61.1 Å². The first-order valence-corrected chi connectivity index (χ1v) is 10.5. The molecule has 2 aliphatic rings.